The third-order valence-corrected chi connectivity index (χ3v) is 5.51. The smallest absolute Gasteiger partial charge is 0.247 e. The van der Waals surface area contributed by atoms with Gasteiger partial charge in [-0.2, -0.15) is 10.4 Å². The van der Waals surface area contributed by atoms with Gasteiger partial charge >= 0.3 is 0 Å². The quantitative estimate of drug-likeness (QED) is 0.558. The summed E-state index contributed by atoms with van der Waals surface area (Å²) >= 11 is 0. The zero-order chi connectivity index (χ0) is 23.0. The number of carbonyl (C=O) groups is 1. The minimum Gasteiger partial charge on any atom is -0.309 e. The van der Waals surface area contributed by atoms with Gasteiger partial charge in [-0.05, 0) is 60.2 Å². The summed E-state index contributed by atoms with van der Waals surface area (Å²) in [7, 11) is 1.87. The van der Waals surface area contributed by atoms with Crippen LogP contribution in [0.1, 0.15) is 24.0 Å². The lowest BCUT2D eigenvalue weighted by atomic mass is 9.99. The molecule has 4 rings (SSSR count). The molecule has 1 atom stereocenters. The summed E-state index contributed by atoms with van der Waals surface area (Å²) in [6.45, 7) is 0.623. The molecule has 0 aliphatic heterocycles. The van der Waals surface area contributed by atoms with Gasteiger partial charge in [0, 0.05) is 31.5 Å². The Bertz CT molecular complexity index is 1220. The van der Waals surface area contributed by atoms with E-state index < -0.39 is 6.04 Å². The Morgan fingerprint density at radius 2 is 2.06 bits per heavy atom. The van der Waals surface area contributed by atoms with Crippen LogP contribution in [0.2, 0.25) is 0 Å². The molecule has 2 heterocycles. The second-order valence-electron chi connectivity index (χ2n) is 7.95. The van der Waals surface area contributed by atoms with E-state index in [1.807, 2.05) is 55.7 Å². The summed E-state index contributed by atoms with van der Waals surface area (Å²) < 4.78 is 1.74. The highest BCUT2D eigenvalue weighted by Gasteiger charge is 2.22. The summed E-state index contributed by atoms with van der Waals surface area (Å²) in [4.78, 5) is 17.6. The summed E-state index contributed by atoms with van der Waals surface area (Å²) in [6, 6.07) is 12.9. The van der Waals surface area contributed by atoms with Crippen LogP contribution in [-0.4, -0.2) is 33.3 Å². The predicted molar refractivity (Wildman–Crippen MR) is 128 cm³/mol. The molecule has 166 valence electrons. The lowest BCUT2D eigenvalue weighted by Crippen LogP contribution is -2.43. The largest absolute Gasteiger partial charge is 0.309 e. The monoisotopic (exact) mass is 438 g/mol. The third kappa shape index (κ3) is 5.82. The Morgan fingerprint density at radius 1 is 1.21 bits per heavy atom. The molecule has 1 aromatic carbocycles. The number of aromatic nitrogens is 3. The molecule has 0 spiro atoms. The van der Waals surface area contributed by atoms with Crippen molar-refractivity contribution < 1.29 is 4.79 Å². The van der Waals surface area contributed by atoms with Crippen LogP contribution in [0.15, 0.2) is 78.8 Å². The van der Waals surface area contributed by atoms with Crippen molar-refractivity contribution in [1.29, 1.82) is 5.26 Å². The molecule has 7 nitrogen and oxygen atoms in total. The third-order valence-electron chi connectivity index (χ3n) is 5.51. The molecule has 2 N–H and O–H groups in total. The molecule has 0 radical (unpaired) electrons. The van der Waals surface area contributed by atoms with Gasteiger partial charge in [-0.1, -0.05) is 30.4 Å². The van der Waals surface area contributed by atoms with Gasteiger partial charge in [-0.3, -0.25) is 9.48 Å². The topological polar surface area (TPSA) is 95.6 Å². The molecular formula is C26H26N6O. The SMILES string of the molecule is Cn1cc(-c2ccnc(NC(=O)C(NCCc3ccc(C#N)cc3)C3=CCCC=C3)c2)cn1. The van der Waals surface area contributed by atoms with Gasteiger partial charge in [0.15, 0.2) is 0 Å². The Balaban J connectivity index is 1.45. The van der Waals surface area contributed by atoms with E-state index in [-0.39, 0.29) is 5.91 Å². The zero-order valence-electron chi connectivity index (χ0n) is 18.5. The van der Waals surface area contributed by atoms with Gasteiger partial charge in [0.05, 0.1) is 17.8 Å². The molecule has 0 saturated carbocycles. The van der Waals surface area contributed by atoms with E-state index in [1.54, 1.807) is 17.1 Å². The van der Waals surface area contributed by atoms with Gasteiger partial charge in [0.1, 0.15) is 11.9 Å². The summed E-state index contributed by atoms with van der Waals surface area (Å²) in [6.07, 6.45) is 14.3. The fraction of sp³-hybridized carbons (Fsp3) is 0.231. The van der Waals surface area contributed by atoms with Crippen molar-refractivity contribution in [3.8, 4) is 17.2 Å². The van der Waals surface area contributed by atoms with Crippen molar-refractivity contribution in [2.75, 3.05) is 11.9 Å². The number of hydrogen-bond donors (Lipinski definition) is 2. The number of benzene rings is 1. The van der Waals surface area contributed by atoms with Crippen molar-refractivity contribution >= 4 is 11.7 Å². The molecular weight excluding hydrogens is 412 g/mol. The summed E-state index contributed by atoms with van der Waals surface area (Å²) in [5, 5.41) is 19.5. The summed E-state index contributed by atoms with van der Waals surface area (Å²) in [5.41, 5.74) is 4.62. The standard InChI is InChI=1S/C26H26N6O/c1-32-18-23(17-30-32)22-12-14-28-24(15-22)31-26(33)25(21-5-3-2-4-6-21)29-13-11-19-7-9-20(16-27)10-8-19/h3,5-10,12,14-15,17-18,25,29H,2,4,11,13H2,1H3,(H,28,31,33). The van der Waals surface area contributed by atoms with Crippen molar-refractivity contribution in [2.45, 2.75) is 25.3 Å². The van der Waals surface area contributed by atoms with E-state index in [4.69, 9.17) is 5.26 Å². The first kappa shape index (κ1) is 22.2. The second kappa shape index (κ2) is 10.5. The molecule has 3 aromatic rings. The fourth-order valence-electron chi connectivity index (χ4n) is 3.76. The Kier molecular flexibility index (Phi) is 7.08. The van der Waals surface area contributed by atoms with Crippen LogP contribution in [0, 0.1) is 11.3 Å². The molecule has 1 aliphatic carbocycles. The van der Waals surface area contributed by atoms with Crippen LogP contribution in [0.25, 0.3) is 11.1 Å². The molecule has 0 fully saturated rings. The highest BCUT2D eigenvalue weighted by molar-refractivity contribution is 5.97. The molecule has 1 aliphatic rings. The summed E-state index contributed by atoms with van der Waals surface area (Å²) in [5.74, 6) is 0.351. The molecule has 0 bridgehead atoms. The number of nitriles is 1. The first-order chi connectivity index (χ1) is 16.1. The number of carbonyl (C=O) groups excluding carboxylic acids is 1. The van der Waals surface area contributed by atoms with Gasteiger partial charge < -0.3 is 10.6 Å². The number of pyridine rings is 1. The number of amides is 1. The number of nitrogens with one attached hydrogen (secondary N) is 2. The Morgan fingerprint density at radius 3 is 2.76 bits per heavy atom. The lowest BCUT2D eigenvalue weighted by molar-refractivity contribution is -0.117. The van der Waals surface area contributed by atoms with Gasteiger partial charge in [0.2, 0.25) is 5.91 Å². The number of hydrogen-bond acceptors (Lipinski definition) is 5. The van der Waals surface area contributed by atoms with Crippen LogP contribution in [0.5, 0.6) is 0 Å². The normalized spacial score (nSPS) is 13.8. The fourth-order valence-corrected chi connectivity index (χ4v) is 3.76. The molecule has 0 saturated heterocycles. The maximum atomic E-state index is 13.2. The van der Waals surface area contributed by atoms with Crippen molar-refractivity contribution in [3.63, 3.8) is 0 Å². The van der Waals surface area contributed by atoms with Crippen molar-refractivity contribution in [3.05, 3.63) is 89.9 Å². The predicted octanol–water partition coefficient (Wildman–Crippen LogP) is 3.77. The van der Waals surface area contributed by atoms with E-state index in [2.05, 4.69) is 38.9 Å². The van der Waals surface area contributed by atoms with Crippen molar-refractivity contribution in [1.82, 2.24) is 20.1 Å². The first-order valence-electron chi connectivity index (χ1n) is 11.0. The van der Waals surface area contributed by atoms with Crippen LogP contribution in [0.4, 0.5) is 5.82 Å². The Hall–Kier alpha value is -4.02. The van der Waals surface area contributed by atoms with E-state index in [9.17, 15) is 4.79 Å². The van der Waals surface area contributed by atoms with Gasteiger partial charge in [0.25, 0.3) is 0 Å². The highest BCUT2D eigenvalue weighted by Crippen LogP contribution is 2.21. The number of rotatable bonds is 8. The number of allylic oxidation sites excluding steroid dienone is 2. The van der Waals surface area contributed by atoms with Crippen LogP contribution < -0.4 is 10.6 Å². The Labute approximate surface area is 193 Å². The first-order valence-corrected chi connectivity index (χ1v) is 11.0. The van der Waals surface area contributed by atoms with E-state index in [0.29, 0.717) is 17.9 Å². The molecule has 7 heteroatoms. The average molecular weight is 439 g/mol. The maximum absolute atomic E-state index is 13.2. The zero-order valence-corrected chi connectivity index (χ0v) is 18.5. The lowest BCUT2D eigenvalue weighted by Gasteiger charge is -2.21. The van der Waals surface area contributed by atoms with Crippen molar-refractivity contribution in [2.24, 2.45) is 7.05 Å². The molecule has 1 amide bonds. The molecule has 2 aromatic heterocycles. The highest BCUT2D eigenvalue weighted by atomic mass is 16.2. The van der Waals surface area contributed by atoms with Gasteiger partial charge in [-0.15, -0.1) is 0 Å². The van der Waals surface area contributed by atoms with E-state index in [1.165, 1.54) is 0 Å². The average Bonchev–Trinajstić information content (AvgIpc) is 3.29. The molecule has 1 unspecified atom stereocenters. The minimum absolute atomic E-state index is 0.150. The molecule has 33 heavy (non-hydrogen) atoms. The number of aryl methyl sites for hydroxylation is 1. The van der Waals surface area contributed by atoms with E-state index in [0.717, 1.165) is 41.5 Å². The van der Waals surface area contributed by atoms with Crippen LogP contribution in [-0.2, 0) is 18.3 Å². The minimum atomic E-state index is -0.483. The number of nitrogens with zero attached hydrogens (tertiary/aromatic N) is 4. The maximum Gasteiger partial charge on any atom is 0.247 e. The van der Waals surface area contributed by atoms with Crippen LogP contribution in [0.3, 0.4) is 0 Å². The second-order valence-corrected chi connectivity index (χ2v) is 7.95. The van der Waals surface area contributed by atoms with Crippen LogP contribution >= 0.6 is 0 Å². The van der Waals surface area contributed by atoms with Gasteiger partial charge in [-0.25, -0.2) is 4.98 Å². The number of anilines is 1. The van der Waals surface area contributed by atoms with E-state index >= 15 is 0 Å².